The van der Waals surface area contributed by atoms with Gasteiger partial charge < -0.3 is 0 Å². The van der Waals surface area contributed by atoms with Gasteiger partial charge in [0.1, 0.15) is 10.8 Å². The summed E-state index contributed by atoms with van der Waals surface area (Å²) in [4.78, 5) is 5.30. The minimum absolute atomic E-state index is 0.142. The lowest BCUT2D eigenvalue weighted by molar-refractivity contribution is 0.602. The van der Waals surface area contributed by atoms with Crippen LogP contribution >= 0.6 is 23.1 Å². The Morgan fingerprint density at radius 1 is 1.35 bits per heavy atom. The second kappa shape index (κ2) is 4.78. The third-order valence-electron chi connectivity index (χ3n) is 2.75. The van der Waals surface area contributed by atoms with Gasteiger partial charge in [-0.2, -0.15) is 0 Å². The van der Waals surface area contributed by atoms with Gasteiger partial charge in [0.2, 0.25) is 0 Å². The summed E-state index contributed by atoms with van der Waals surface area (Å²) in [7, 11) is 0. The Bertz CT molecular complexity index is 520. The summed E-state index contributed by atoms with van der Waals surface area (Å²) >= 11 is 3.21. The highest BCUT2D eigenvalue weighted by Gasteiger charge is 2.25. The molecule has 4 heteroatoms. The summed E-state index contributed by atoms with van der Waals surface area (Å²) < 4.78 is 13.4. The summed E-state index contributed by atoms with van der Waals surface area (Å²) in [6.07, 6.45) is 2.56. The fraction of sp³-hybridized carbons (Fsp3) is 0.308. The van der Waals surface area contributed by atoms with Crippen LogP contribution in [0, 0.1) is 5.82 Å². The highest BCUT2D eigenvalue weighted by Crippen LogP contribution is 2.40. The van der Waals surface area contributed by atoms with Gasteiger partial charge in [0.25, 0.3) is 0 Å². The van der Waals surface area contributed by atoms with E-state index >= 15 is 0 Å². The van der Waals surface area contributed by atoms with E-state index in [0.717, 1.165) is 10.8 Å². The third kappa shape index (κ3) is 2.69. The predicted molar refractivity (Wildman–Crippen MR) is 70.1 cm³/mol. The molecule has 88 valence electrons. The van der Waals surface area contributed by atoms with Crippen molar-refractivity contribution in [1.29, 1.82) is 0 Å². The van der Waals surface area contributed by atoms with Gasteiger partial charge in [0.15, 0.2) is 0 Å². The summed E-state index contributed by atoms with van der Waals surface area (Å²) in [5.74, 6) is 1.33. The van der Waals surface area contributed by atoms with E-state index in [1.165, 1.54) is 36.4 Å². The standard InChI is InChI=1S/C13H12FNS2/c14-10-3-1-2-4-12(10)16-8-13-15-11(7-17-13)9-5-6-9/h1-4,7,9H,5-6,8H2. The first-order valence-electron chi connectivity index (χ1n) is 5.64. The molecule has 0 amide bonds. The Hall–Kier alpha value is -0.870. The molecule has 1 aliphatic rings. The normalized spacial score (nSPS) is 15.1. The molecule has 1 aromatic heterocycles. The molecule has 2 aromatic rings. The maximum atomic E-state index is 13.4. The molecular weight excluding hydrogens is 253 g/mol. The van der Waals surface area contributed by atoms with Crippen molar-refractivity contribution in [2.45, 2.75) is 29.4 Å². The van der Waals surface area contributed by atoms with Gasteiger partial charge in [-0.25, -0.2) is 9.37 Å². The van der Waals surface area contributed by atoms with Gasteiger partial charge >= 0.3 is 0 Å². The SMILES string of the molecule is Fc1ccccc1SCc1nc(C2CC2)cs1. The molecule has 3 rings (SSSR count). The van der Waals surface area contributed by atoms with Crippen LogP contribution in [0.25, 0.3) is 0 Å². The molecule has 1 fully saturated rings. The first kappa shape index (κ1) is 11.2. The monoisotopic (exact) mass is 265 g/mol. The smallest absolute Gasteiger partial charge is 0.136 e. The number of thiazole rings is 1. The van der Waals surface area contributed by atoms with E-state index in [4.69, 9.17) is 0 Å². The molecule has 1 aliphatic carbocycles. The second-order valence-electron chi connectivity index (χ2n) is 4.16. The Morgan fingerprint density at radius 2 is 2.18 bits per heavy atom. The molecule has 0 N–H and O–H groups in total. The maximum absolute atomic E-state index is 13.4. The van der Waals surface area contributed by atoms with Crippen molar-refractivity contribution in [3.63, 3.8) is 0 Å². The molecule has 1 aromatic carbocycles. The van der Waals surface area contributed by atoms with Crippen molar-refractivity contribution in [2.24, 2.45) is 0 Å². The van der Waals surface area contributed by atoms with Crippen molar-refractivity contribution in [3.05, 3.63) is 46.2 Å². The largest absolute Gasteiger partial charge is 0.245 e. The van der Waals surface area contributed by atoms with Crippen LogP contribution in [0.5, 0.6) is 0 Å². The van der Waals surface area contributed by atoms with E-state index in [1.807, 2.05) is 12.1 Å². The van der Waals surface area contributed by atoms with Gasteiger partial charge in [-0.1, -0.05) is 12.1 Å². The Labute approximate surface area is 108 Å². The molecule has 1 nitrogen and oxygen atoms in total. The summed E-state index contributed by atoms with van der Waals surface area (Å²) in [6.45, 7) is 0. The van der Waals surface area contributed by atoms with Crippen LogP contribution in [0.1, 0.15) is 29.5 Å². The van der Waals surface area contributed by atoms with Crippen LogP contribution in [0.15, 0.2) is 34.5 Å². The number of benzene rings is 1. The van der Waals surface area contributed by atoms with Crippen LogP contribution in [0.4, 0.5) is 4.39 Å². The quantitative estimate of drug-likeness (QED) is 0.757. The average Bonchev–Trinajstić information content (AvgIpc) is 3.08. The first-order valence-corrected chi connectivity index (χ1v) is 7.51. The Kier molecular flexibility index (Phi) is 3.16. The third-order valence-corrected chi connectivity index (χ3v) is 4.86. The van der Waals surface area contributed by atoms with Crippen molar-refractivity contribution in [3.8, 4) is 0 Å². The van der Waals surface area contributed by atoms with E-state index in [2.05, 4.69) is 10.4 Å². The van der Waals surface area contributed by atoms with Gasteiger partial charge in [0, 0.05) is 16.2 Å². The Morgan fingerprint density at radius 3 is 2.94 bits per heavy atom. The van der Waals surface area contributed by atoms with Crippen LogP contribution in [0.3, 0.4) is 0 Å². The van der Waals surface area contributed by atoms with E-state index in [1.54, 1.807) is 17.4 Å². The van der Waals surface area contributed by atoms with Crippen molar-refractivity contribution < 1.29 is 4.39 Å². The fourth-order valence-corrected chi connectivity index (χ4v) is 3.49. The molecule has 17 heavy (non-hydrogen) atoms. The topological polar surface area (TPSA) is 12.9 Å². The van der Waals surface area contributed by atoms with E-state index in [0.29, 0.717) is 10.8 Å². The molecule has 1 saturated carbocycles. The van der Waals surface area contributed by atoms with Gasteiger partial charge in [-0.3, -0.25) is 0 Å². The highest BCUT2D eigenvalue weighted by molar-refractivity contribution is 7.98. The van der Waals surface area contributed by atoms with Gasteiger partial charge in [-0.05, 0) is 25.0 Å². The molecule has 0 unspecified atom stereocenters. The van der Waals surface area contributed by atoms with Gasteiger partial charge in [0.05, 0.1) is 11.4 Å². The zero-order valence-corrected chi connectivity index (χ0v) is 10.9. The summed E-state index contributed by atoms with van der Waals surface area (Å²) in [5, 5.41) is 3.25. The maximum Gasteiger partial charge on any atom is 0.136 e. The second-order valence-corrected chi connectivity index (χ2v) is 6.12. The predicted octanol–water partition coefficient (Wildman–Crippen LogP) is 4.45. The number of thioether (sulfide) groups is 1. The lowest BCUT2D eigenvalue weighted by atomic mass is 10.3. The van der Waals surface area contributed by atoms with Crippen LogP contribution < -0.4 is 0 Å². The molecule has 0 bridgehead atoms. The molecule has 0 spiro atoms. The highest BCUT2D eigenvalue weighted by atomic mass is 32.2. The lowest BCUT2D eigenvalue weighted by Gasteiger charge is -2.00. The zero-order chi connectivity index (χ0) is 11.7. The lowest BCUT2D eigenvalue weighted by Crippen LogP contribution is -1.84. The zero-order valence-electron chi connectivity index (χ0n) is 9.23. The van der Waals surface area contributed by atoms with E-state index < -0.39 is 0 Å². The van der Waals surface area contributed by atoms with Crippen LogP contribution in [-0.2, 0) is 5.75 Å². The Balaban J connectivity index is 1.65. The summed E-state index contributed by atoms with van der Waals surface area (Å²) in [5.41, 5.74) is 1.24. The van der Waals surface area contributed by atoms with Crippen molar-refractivity contribution in [2.75, 3.05) is 0 Å². The van der Waals surface area contributed by atoms with Crippen LogP contribution in [0.2, 0.25) is 0 Å². The number of hydrogen-bond donors (Lipinski definition) is 0. The van der Waals surface area contributed by atoms with Crippen LogP contribution in [-0.4, -0.2) is 4.98 Å². The number of nitrogens with zero attached hydrogens (tertiary/aromatic N) is 1. The minimum Gasteiger partial charge on any atom is -0.245 e. The minimum atomic E-state index is -0.142. The molecular formula is C13H12FNS2. The molecule has 0 aliphatic heterocycles. The fourth-order valence-electron chi connectivity index (χ4n) is 1.66. The van der Waals surface area contributed by atoms with Crippen molar-refractivity contribution >= 4 is 23.1 Å². The molecule has 1 heterocycles. The number of hydrogen-bond acceptors (Lipinski definition) is 3. The van der Waals surface area contributed by atoms with Gasteiger partial charge in [-0.15, -0.1) is 23.1 Å². The number of halogens is 1. The first-order chi connectivity index (χ1) is 8.33. The molecule has 0 radical (unpaired) electrons. The number of rotatable bonds is 4. The number of aromatic nitrogens is 1. The van der Waals surface area contributed by atoms with E-state index in [9.17, 15) is 4.39 Å². The summed E-state index contributed by atoms with van der Waals surface area (Å²) in [6, 6.07) is 6.89. The van der Waals surface area contributed by atoms with Crippen molar-refractivity contribution in [1.82, 2.24) is 4.98 Å². The van der Waals surface area contributed by atoms with E-state index in [-0.39, 0.29) is 5.82 Å². The molecule has 0 saturated heterocycles. The molecule has 0 atom stereocenters. The average molecular weight is 265 g/mol.